The zero-order valence-electron chi connectivity index (χ0n) is 19.8. The van der Waals surface area contributed by atoms with Crippen molar-refractivity contribution in [1.82, 2.24) is 10.1 Å². The predicted molar refractivity (Wildman–Crippen MR) is 136 cm³/mol. The summed E-state index contributed by atoms with van der Waals surface area (Å²) in [4.78, 5) is 17.0. The lowest BCUT2D eigenvalue weighted by atomic mass is 10.3. The Morgan fingerprint density at radius 2 is 1.81 bits per heavy atom. The molecule has 0 radical (unpaired) electrons. The van der Waals surface area contributed by atoms with Crippen molar-refractivity contribution in [3.05, 3.63) is 64.8 Å². The Morgan fingerprint density at radius 3 is 2.44 bits per heavy atom. The van der Waals surface area contributed by atoms with E-state index in [-0.39, 0.29) is 16.5 Å². The minimum absolute atomic E-state index is 0.00235. The fraction of sp³-hybridized carbons (Fsp3) is 0.174. The summed E-state index contributed by atoms with van der Waals surface area (Å²) < 4.78 is 43.2. The summed E-state index contributed by atoms with van der Waals surface area (Å²) in [6.07, 6.45) is 0. The van der Waals surface area contributed by atoms with Crippen LogP contribution in [0.15, 0.2) is 57.3 Å². The molecule has 13 heteroatoms. The third kappa shape index (κ3) is 5.42. The van der Waals surface area contributed by atoms with Crippen LogP contribution in [0.3, 0.4) is 0 Å². The molecule has 188 valence electrons. The molecule has 0 bridgehead atoms. The Labute approximate surface area is 211 Å². The van der Waals surface area contributed by atoms with Gasteiger partial charge in [0.05, 0.1) is 30.5 Å². The first-order valence-electron chi connectivity index (χ1n) is 10.5. The number of sulfonamides is 1. The largest absolute Gasteiger partial charge is 0.497 e. The van der Waals surface area contributed by atoms with E-state index in [1.54, 1.807) is 51.6 Å². The normalized spacial score (nSPS) is 11.1. The number of hydrogen-bond donors (Lipinski definition) is 3. The Bertz CT molecular complexity index is 1500. The molecular weight excluding hydrogens is 506 g/mol. The van der Waals surface area contributed by atoms with E-state index in [1.165, 1.54) is 35.6 Å². The Kier molecular flexibility index (Phi) is 7.12. The number of nitrogens with one attached hydrogen (secondary N) is 3. The molecule has 0 saturated heterocycles. The minimum atomic E-state index is -3.89. The average Bonchev–Trinajstić information content (AvgIpc) is 3.46. The van der Waals surface area contributed by atoms with Gasteiger partial charge in [-0.2, -0.15) is 0 Å². The van der Waals surface area contributed by atoms with Gasteiger partial charge in [0, 0.05) is 22.7 Å². The van der Waals surface area contributed by atoms with Gasteiger partial charge in [0.2, 0.25) is 5.88 Å². The van der Waals surface area contributed by atoms with Gasteiger partial charge < -0.3 is 24.6 Å². The van der Waals surface area contributed by atoms with Crippen LogP contribution in [0.1, 0.15) is 21.7 Å². The highest BCUT2D eigenvalue weighted by molar-refractivity contribution is 7.92. The first-order valence-corrected chi connectivity index (χ1v) is 12.9. The summed E-state index contributed by atoms with van der Waals surface area (Å²) in [6, 6.07) is 11.0. The Balaban J connectivity index is 1.41. The molecule has 0 aliphatic carbocycles. The number of methoxy groups -OCH3 is 2. The van der Waals surface area contributed by atoms with Crippen molar-refractivity contribution in [2.24, 2.45) is 0 Å². The van der Waals surface area contributed by atoms with E-state index in [0.29, 0.717) is 39.3 Å². The number of hydrogen-bond acceptors (Lipinski definition) is 10. The molecule has 0 unspecified atom stereocenters. The van der Waals surface area contributed by atoms with E-state index >= 15 is 0 Å². The van der Waals surface area contributed by atoms with E-state index < -0.39 is 15.9 Å². The predicted octanol–water partition coefficient (Wildman–Crippen LogP) is 4.56. The molecule has 4 rings (SSSR count). The van der Waals surface area contributed by atoms with Gasteiger partial charge in [-0.1, -0.05) is 5.16 Å². The smallest absolute Gasteiger partial charge is 0.275 e. The van der Waals surface area contributed by atoms with Crippen LogP contribution in [0.2, 0.25) is 0 Å². The van der Waals surface area contributed by atoms with Crippen LogP contribution >= 0.6 is 11.3 Å². The number of anilines is 4. The van der Waals surface area contributed by atoms with Gasteiger partial charge in [0.15, 0.2) is 5.13 Å². The fourth-order valence-corrected chi connectivity index (χ4v) is 4.81. The number of aryl methyl sites for hydroxylation is 1. The van der Waals surface area contributed by atoms with Gasteiger partial charge in [-0.15, -0.1) is 11.3 Å². The van der Waals surface area contributed by atoms with Gasteiger partial charge in [-0.25, -0.2) is 18.1 Å². The summed E-state index contributed by atoms with van der Waals surface area (Å²) >= 11 is 1.25. The van der Waals surface area contributed by atoms with Crippen LogP contribution in [0.25, 0.3) is 0 Å². The molecule has 2 aromatic carbocycles. The molecule has 2 heterocycles. The Hall–Kier alpha value is -4.10. The highest BCUT2D eigenvalue weighted by Gasteiger charge is 2.19. The molecule has 0 aliphatic rings. The zero-order chi connectivity index (χ0) is 25.9. The van der Waals surface area contributed by atoms with Crippen LogP contribution < -0.4 is 24.8 Å². The minimum Gasteiger partial charge on any atom is -0.497 e. The summed E-state index contributed by atoms with van der Waals surface area (Å²) in [5, 5.41) is 11.7. The van der Waals surface area contributed by atoms with Gasteiger partial charge in [0.1, 0.15) is 17.2 Å². The van der Waals surface area contributed by atoms with Crippen molar-refractivity contribution >= 4 is 49.7 Å². The van der Waals surface area contributed by atoms with Crippen LogP contribution in [-0.2, 0) is 10.0 Å². The molecule has 0 fully saturated rings. The molecule has 3 N–H and O–H groups in total. The highest BCUT2D eigenvalue weighted by atomic mass is 32.2. The number of ether oxygens (including phenoxy) is 2. The maximum absolute atomic E-state index is 12.7. The average molecular weight is 530 g/mol. The number of nitrogens with zero attached hydrogens (tertiary/aromatic N) is 2. The van der Waals surface area contributed by atoms with E-state index in [2.05, 4.69) is 25.5 Å². The number of amides is 1. The maximum atomic E-state index is 12.7. The first-order chi connectivity index (χ1) is 17.2. The van der Waals surface area contributed by atoms with Crippen molar-refractivity contribution in [2.45, 2.75) is 18.7 Å². The molecule has 0 spiro atoms. The summed E-state index contributed by atoms with van der Waals surface area (Å²) in [5.41, 5.74) is 2.47. The number of benzene rings is 2. The lowest BCUT2D eigenvalue weighted by molar-refractivity contribution is 0.102. The molecular formula is C23H23N5O6S2. The quantitative estimate of drug-likeness (QED) is 0.284. The van der Waals surface area contributed by atoms with Crippen LogP contribution in [0.4, 0.5) is 22.4 Å². The van der Waals surface area contributed by atoms with Crippen LogP contribution in [0, 0.1) is 13.8 Å². The highest BCUT2D eigenvalue weighted by Crippen LogP contribution is 2.32. The van der Waals surface area contributed by atoms with Gasteiger partial charge in [-0.3, -0.25) is 4.79 Å². The van der Waals surface area contributed by atoms with E-state index in [4.69, 9.17) is 14.0 Å². The van der Waals surface area contributed by atoms with Gasteiger partial charge >= 0.3 is 0 Å². The number of thiazole rings is 1. The topological polar surface area (TPSA) is 145 Å². The van der Waals surface area contributed by atoms with Crippen molar-refractivity contribution in [2.75, 3.05) is 29.6 Å². The molecule has 0 aliphatic heterocycles. The first kappa shape index (κ1) is 25.0. The van der Waals surface area contributed by atoms with Crippen molar-refractivity contribution in [3.8, 4) is 11.5 Å². The van der Waals surface area contributed by atoms with Gasteiger partial charge in [0.25, 0.3) is 15.9 Å². The number of carbonyl (C=O) groups excluding carboxylic acids is 1. The maximum Gasteiger partial charge on any atom is 0.275 e. The number of aromatic nitrogens is 2. The SMILES string of the molecule is COc1ccc(Nc2nc(C(=O)Nc3ccc(S(=O)(=O)Nc4onc(C)c4C)cc3)cs2)c(OC)c1. The Morgan fingerprint density at radius 1 is 1.06 bits per heavy atom. The molecule has 36 heavy (non-hydrogen) atoms. The van der Waals surface area contributed by atoms with Crippen molar-refractivity contribution in [1.29, 1.82) is 0 Å². The molecule has 1 amide bonds. The fourth-order valence-electron chi connectivity index (χ4n) is 3.06. The standard InChI is InChI=1S/C23H23N5O6S2/c1-13-14(2)27-34-22(13)28-36(30,31)17-8-5-15(6-9-17)24-21(29)19-12-35-23(26-19)25-18-10-7-16(32-3)11-20(18)33-4/h5-12,28H,1-4H3,(H,24,29)(H,25,26). The van der Waals surface area contributed by atoms with Crippen LogP contribution in [-0.4, -0.2) is 38.7 Å². The lowest BCUT2D eigenvalue weighted by Gasteiger charge is -2.10. The third-order valence-electron chi connectivity index (χ3n) is 5.19. The summed E-state index contributed by atoms with van der Waals surface area (Å²) in [6.45, 7) is 3.42. The molecule has 2 aromatic heterocycles. The molecule has 4 aromatic rings. The van der Waals surface area contributed by atoms with E-state index in [0.717, 1.165) is 0 Å². The summed E-state index contributed by atoms with van der Waals surface area (Å²) in [7, 11) is -0.778. The molecule has 0 atom stereocenters. The lowest BCUT2D eigenvalue weighted by Crippen LogP contribution is -2.14. The second-order valence-corrected chi connectivity index (χ2v) is 10.1. The molecule has 0 saturated carbocycles. The van der Waals surface area contributed by atoms with Crippen molar-refractivity contribution < 1.29 is 27.2 Å². The zero-order valence-corrected chi connectivity index (χ0v) is 21.4. The van der Waals surface area contributed by atoms with E-state index in [9.17, 15) is 13.2 Å². The van der Waals surface area contributed by atoms with Crippen LogP contribution in [0.5, 0.6) is 11.5 Å². The van der Waals surface area contributed by atoms with E-state index in [1.807, 2.05) is 0 Å². The van der Waals surface area contributed by atoms with Crippen molar-refractivity contribution in [3.63, 3.8) is 0 Å². The second-order valence-electron chi connectivity index (χ2n) is 7.54. The number of carbonyl (C=O) groups is 1. The molecule has 11 nitrogen and oxygen atoms in total. The summed E-state index contributed by atoms with van der Waals surface area (Å²) in [5.74, 6) is 0.829. The van der Waals surface area contributed by atoms with Gasteiger partial charge in [-0.05, 0) is 50.2 Å². The monoisotopic (exact) mass is 529 g/mol. The third-order valence-corrected chi connectivity index (χ3v) is 7.30. The number of rotatable bonds is 9. The second kappa shape index (κ2) is 10.3.